The average Bonchev–Trinajstić information content (AvgIpc) is 2.71. The van der Waals surface area contributed by atoms with E-state index in [1.54, 1.807) is 0 Å². The van der Waals surface area contributed by atoms with Gasteiger partial charge in [-0.25, -0.2) is 4.79 Å². The summed E-state index contributed by atoms with van der Waals surface area (Å²) in [5.74, 6) is -2.02. The lowest BCUT2D eigenvalue weighted by Crippen LogP contribution is -2.33. The highest BCUT2D eigenvalue weighted by Gasteiger charge is 2.38. The fourth-order valence-electron chi connectivity index (χ4n) is 2.18. The molecule has 1 N–H and O–H groups in total. The molecule has 1 aliphatic heterocycles. The van der Waals surface area contributed by atoms with E-state index < -0.39 is 18.5 Å². The van der Waals surface area contributed by atoms with Crippen LogP contribution in [0.2, 0.25) is 0 Å². The molecule has 6 nitrogen and oxygen atoms in total. The molecule has 6 heteroatoms. The smallest absolute Gasteiger partial charge is 0.329 e. The van der Waals surface area contributed by atoms with Gasteiger partial charge in [0.05, 0.1) is 19.1 Å². The van der Waals surface area contributed by atoms with Crippen LogP contribution in [0.25, 0.3) is 0 Å². The number of carbonyl (C=O) groups excluding carboxylic acids is 2. The van der Waals surface area contributed by atoms with E-state index in [2.05, 4.69) is 0 Å². The maximum atomic E-state index is 12.2. The quantitative estimate of drug-likeness (QED) is 0.609. The zero-order valence-corrected chi connectivity index (χ0v) is 10.8. The topological polar surface area (TPSA) is 83.9 Å². The Kier molecular flexibility index (Phi) is 4.47. The van der Waals surface area contributed by atoms with Crippen molar-refractivity contribution in [3.8, 4) is 0 Å². The van der Waals surface area contributed by atoms with Crippen molar-refractivity contribution in [3.05, 3.63) is 35.9 Å². The van der Waals surface area contributed by atoms with Crippen molar-refractivity contribution in [1.29, 1.82) is 0 Å². The molecular formula is C14H15NO5. The van der Waals surface area contributed by atoms with Crippen LogP contribution in [-0.4, -0.2) is 47.5 Å². The molecule has 1 saturated heterocycles. The first-order valence-corrected chi connectivity index (χ1v) is 6.28. The number of hydrogen-bond acceptors (Lipinski definition) is 4. The van der Waals surface area contributed by atoms with Gasteiger partial charge in [-0.05, 0) is 5.56 Å². The number of imide groups is 1. The van der Waals surface area contributed by atoms with Crippen LogP contribution >= 0.6 is 0 Å². The van der Waals surface area contributed by atoms with Crippen molar-refractivity contribution < 1.29 is 24.2 Å². The van der Waals surface area contributed by atoms with Crippen molar-refractivity contribution in [2.75, 3.05) is 19.8 Å². The monoisotopic (exact) mass is 277 g/mol. The molecule has 1 fully saturated rings. The Labute approximate surface area is 115 Å². The van der Waals surface area contributed by atoms with Gasteiger partial charge in [0, 0.05) is 6.42 Å². The molecule has 0 bridgehead atoms. The molecule has 0 aliphatic carbocycles. The third-order valence-corrected chi connectivity index (χ3v) is 3.13. The Morgan fingerprint density at radius 3 is 2.65 bits per heavy atom. The normalized spacial score (nSPS) is 18.6. The molecule has 1 aromatic carbocycles. The van der Waals surface area contributed by atoms with Crippen LogP contribution in [0.4, 0.5) is 0 Å². The highest BCUT2D eigenvalue weighted by atomic mass is 16.5. The second kappa shape index (κ2) is 6.29. The standard InChI is InChI=1S/C14H15NO5/c16-12-8-11(10-4-2-1-3-5-10)14(19)15(12)6-7-20-9-13(17)18/h1-5,11H,6-9H2,(H,17,18). The van der Waals surface area contributed by atoms with Crippen LogP contribution in [0.15, 0.2) is 30.3 Å². The van der Waals surface area contributed by atoms with Crippen LogP contribution in [0, 0.1) is 0 Å². The number of ether oxygens (including phenoxy) is 1. The van der Waals surface area contributed by atoms with Gasteiger partial charge < -0.3 is 9.84 Å². The molecule has 1 atom stereocenters. The van der Waals surface area contributed by atoms with Crippen molar-refractivity contribution in [2.45, 2.75) is 12.3 Å². The van der Waals surface area contributed by atoms with Gasteiger partial charge in [-0.3, -0.25) is 14.5 Å². The van der Waals surface area contributed by atoms with Crippen molar-refractivity contribution in [3.63, 3.8) is 0 Å². The molecule has 2 amide bonds. The first-order chi connectivity index (χ1) is 9.59. The van der Waals surface area contributed by atoms with Crippen LogP contribution in [0.5, 0.6) is 0 Å². The molecule has 1 aromatic rings. The molecule has 20 heavy (non-hydrogen) atoms. The zero-order valence-electron chi connectivity index (χ0n) is 10.8. The lowest BCUT2D eigenvalue weighted by atomic mass is 9.98. The van der Waals surface area contributed by atoms with E-state index in [1.165, 1.54) is 0 Å². The number of amides is 2. The van der Waals surface area contributed by atoms with Crippen molar-refractivity contribution >= 4 is 17.8 Å². The summed E-state index contributed by atoms with van der Waals surface area (Å²) in [6, 6.07) is 9.14. The highest BCUT2D eigenvalue weighted by Crippen LogP contribution is 2.29. The summed E-state index contributed by atoms with van der Waals surface area (Å²) < 4.78 is 4.85. The zero-order chi connectivity index (χ0) is 14.5. The lowest BCUT2D eigenvalue weighted by Gasteiger charge is -2.14. The molecule has 0 spiro atoms. The van der Waals surface area contributed by atoms with Crippen LogP contribution in [0.1, 0.15) is 17.9 Å². The average molecular weight is 277 g/mol. The minimum absolute atomic E-state index is 0.0330. The molecular weight excluding hydrogens is 262 g/mol. The van der Waals surface area contributed by atoms with E-state index in [9.17, 15) is 14.4 Å². The third-order valence-electron chi connectivity index (χ3n) is 3.13. The molecule has 1 unspecified atom stereocenters. The summed E-state index contributed by atoms with van der Waals surface area (Å²) in [7, 11) is 0. The number of carboxylic acids is 1. The van der Waals surface area contributed by atoms with Crippen LogP contribution in [0.3, 0.4) is 0 Å². The van der Waals surface area contributed by atoms with Crippen molar-refractivity contribution in [1.82, 2.24) is 4.90 Å². The first kappa shape index (κ1) is 14.2. The highest BCUT2D eigenvalue weighted by molar-refractivity contribution is 6.06. The number of aliphatic carboxylic acids is 1. The van der Waals surface area contributed by atoms with E-state index in [0.717, 1.165) is 10.5 Å². The number of nitrogens with zero attached hydrogens (tertiary/aromatic N) is 1. The summed E-state index contributed by atoms with van der Waals surface area (Å²) in [5.41, 5.74) is 0.819. The second-order valence-corrected chi connectivity index (χ2v) is 4.50. The SMILES string of the molecule is O=C(O)COCCN1C(=O)CC(c2ccccc2)C1=O. The second-order valence-electron chi connectivity index (χ2n) is 4.50. The van der Waals surface area contributed by atoms with Crippen LogP contribution < -0.4 is 0 Å². The molecule has 0 radical (unpaired) electrons. The number of benzene rings is 1. The summed E-state index contributed by atoms with van der Waals surface area (Å²) in [6.45, 7) is -0.308. The Morgan fingerprint density at radius 2 is 2.00 bits per heavy atom. The summed E-state index contributed by atoms with van der Waals surface area (Å²) in [6.07, 6.45) is 0.155. The molecule has 2 rings (SSSR count). The minimum Gasteiger partial charge on any atom is -0.480 e. The van der Waals surface area contributed by atoms with E-state index >= 15 is 0 Å². The molecule has 1 aliphatic rings. The van der Waals surface area contributed by atoms with E-state index in [-0.39, 0.29) is 31.4 Å². The Morgan fingerprint density at radius 1 is 1.30 bits per heavy atom. The maximum Gasteiger partial charge on any atom is 0.329 e. The van der Waals surface area contributed by atoms with Gasteiger partial charge >= 0.3 is 5.97 Å². The summed E-state index contributed by atoms with van der Waals surface area (Å²) >= 11 is 0. The van der Waals surface area contributed by atoms with Crippen LogP contribution in [-0.2, 0) is 19.1 Å². The van der Waals surface area contributed by atoms with Gasteiger partial charge in [-0.2, -0.15) is 0 Å². The van der Waals surface area contributed by atoms with E-state index in [4.69, 9.17) is 9.84 Å². The number of likely N-dealkylation sites (tertiary alicyclic amines) is 1. The van der Waals surface area contributed by atoms with Gasteiger partial charge in [0.25, 0.3) is 0 Å². The van der Waals surface area contributed by atoms with Gasteiger partial charge in [0.1, 0.15) is 6.61 Å². The Hall–Kier alpha value is -2.21. The predicted octanol–water partition coefficient (Wildman–Crippen LogP) is 0.630. The maximum absolute atomic E-state index is 12.2. The van der Waals surface area contributed by atoms with Gasteiger partial charge in [0.15, 0.2) is 0 Å². The summed E-state index contributed by atoms with van der Waals surface area (Å²) in [5, 5.41) is 8.43. The predicted molar refractivity (Wildman–Crippen MR) is 69.0 cm³/mol. The first-order valence-electron chi connectivity index (χ1n) is 6.28. The molecule has 0 saturated carbocycles. The lowest BCUT2D eigenvalue weighted by molar-refractivity contribution is -0.143. The molecule has 1 heterocycles. The fourth-order valence-corrected chi connectivity index (χ4v) is 2.18. The van der Waals surface area contributed by atoms with E-state index in [1.807, 2.05) is 30.3 Å². The fraction of sp³-hybridized carbons (Fsp3) is 0.357. The number of carbonyl (C=O) groups is 3. The van der Waals surface area contributed by atoms with Gasteiger partial charge in [0.2, 0.25) is 11.8 Å². The molecule has 106 valence electrons. The minimum atomic E-state index is -1.08. The number of carboxylic acid groups (broad SMARTS) is 1. The Bertz CT molecular complexity index is 514. The number of rotatable bonds is 6. The van der Waals surface area contributed by atoms with Gasteiger partial charge in [-0.15, -0.1) is 0 Å². The van der Waals surface area contributed by atoms with Gasteiger partial charge in [-0.1, -0.05) is 30.3 Å². The largest absolute Gasteiger partial charge is 0.480 e. The summed E-state index contributed by atoms with van der Waals surface area (Å²) in [4.78, 5) is 35.4. The number of hydrogen-bond donors (Lipinski definition) is 1. The molecule has 0 aromatic heterocycles. The van der Waals surface area contributed by atoms with Crippen molar-refractivity contribution in [2.24, 2.45) is 0 Å². The Balaban J connectivity index is 1.94. The third kappa shape index (κ3) is 3.21. The van der Waals surface area contributed by atoms with E-state index in [0.29, 0.717) is 0 Å².